The minimum Gasteiger partial charge on any atom is -1.00 e. The molecule has 0 amide bonds. The number of aromatic nitrogens is 2. The van der Waals surface area contributed by atoms with Gasteiger partial charge in [-0.15, -0.1) is 0 Å². The Bertz CT molecular complexity index is 351. The predicted octanol–water partition coefficient (Wildman–Crippen LogP) is -2.91. The zero-order valence-electron chi connectivity index (χ0n) is 6.75. The molecule has 70 valence electrons. The fourth-order valence-corrected chi connectivity index (χ4v) is 1.09. The number of halogens is 2. The molecular formula is C6H7Cl2N5. The Morgan fingerprint density at radius 3 is 3.08 bits per heavy atom. The number of nitrogens with two attached hydrogens (primary N) is 1. The number of amidine groups is 1. The lowest BCUT2D eigenvalue weighted by Crippen LogP contribution is -3.00. The van der Waals surface area contributed by atoms with Gasteiger partial charge in [-0.1, -0.05) is 5.10 Å². The normalized spacial score (nSPS) is 13.5. The first-order valence-electron chi connectivity index (χ1n) is 3.43. The molecule has 1 aromatic heterocycles. The first kappa shape index (κ1) is 10.2. The number of anilines is 1. The van der Waals surface area contributed by atoms with Crippen molar-refractivity contribution in [2.45, 2.75) is 6.92 Å². The summed E-state index contributed by atoms with van der Waals surface area (Å²) in [5, 5.41) is 7.30. The largest absolute Gasteiger partial charge is 1.00 e. The summed E-state index contributed by atoms with van der Waals surface area (Å²) >= 11 is 5.59. The summed E-state index contributed by atoms with van der Waals surface area (Å²) in [4.78, 5) is 7.82. The van der Waals surface area contributed by atoms with E-state index in [0.717, 1.165) is 17.3 Å². The lowest BCUT2D eigenvalue weighted by molar-refractivity contribution is -0.581. The van der Waals surface area contributed by atoms with Crippen molar-refractivity contribution in [3.63, 3.8) is 0 Å². The highest BCUT2D eigenvalue weighted by Crippen LogP contribution is 2.16. The first-order chi connectivity index (χ1) is 5.75. The van der Waals surface area contributed by atoms with E-state index in [0.29, 0.717) is 0 Å². The highest BCUT2D eigenvalue weighted by Gasteiger charge is 2.15. The van der Waals surface area contributed by atoms with E-state index in [1.165, 1.54) is 0 Å². The van der Waals surface area contributed by atoms with Crippen LogP contribution in [0.2, 0.25) is 5.28 Å². The van der Waals surface area contributed by atoms with Gasteiger partial charge in [-0.3, -0.25) is 0 Å². The average molecular weight is 220 g/mol. The molecule has 0 radical (unpaired) electrons. The zero-order valence-corrected chi connectivity index (χ0v) is 8.26. The van der Waals surface area contributed by atoms with Crippen molar-refractivity contribution in [1.29, 1.82) is 0 Å². The number of hydrogen-bond acceptors (Lipinski definition) is 4. The van der Waals surface area contributed by atoms with E-state index in [4.69, 9.17) is 11.6 Å². The minimum atomic E-state index is 0. The highest BCUT2D eigenvalue weighted by molar-refractivity contribution is 6.28. The number of quaternary nitrogens is 1. The second kappa shape index (κ2) is 3.87. The van der Waals surface area contributed by atoms with Crippen LogP contribution in [0.25, 0.3) is 0 Å². The fraction of sp³-hybridized carbons (Fsp3) is 0.167. The van der Waals surface area contributed by atoms with Gasteiger partial charge in [0.1, 0.15) is 5.69 Å². The summed E-state index contributed by atoms with van der Waals surface area (Å²) in [5.74, 6) is 1.55. The number of nitrogens with one attached hydrogen (secondary N) is 1. The van der Waals surface area contributed by atoms with Gasteiger partial charge in [0.25, 0.3) is 5.82 Å². The lowest BCUT2D eigenvalue weighted by Gasteiger charge is -2.09. The van der Waals surface area contributed by atoms with Crippen LogP contribution in [0.1, 0.15) is 6.92 Å². The van der Waals surface area contributed by atoms with E-state index < -0.39 is 0 Å². The van der Waals surface area contributed by atoms with Crippen LogP contribution in [0.4, 0.5) is 11.5 Å². The van der Waals surface area contributed by atoms with Gasteiger partial charge >= 0.3 is 0 Å². The standard InChI is InChI=1S/C6H6ClN5.ClH/c1-3-9-4-2-8-6(7)10-5(4)12-11-3;/h2H,1H3,(H,9,11)(H,8,10,12);1H. The molecule has 7 heteroatoms. The molecule has 0 saturated heterocycles. The van der Waals surface area contributed by atoms with Gasteiger partial charge < -0.3 is 17.7 Å². The van der Waals surface area contributed by atoms with E-state index in [2.05, 4.69) is 20.4 Å². The van der Waals surface area contributed by atoms with Gasteiger partial charge in [-0.05, 0) is 18.5 Å². The SMILES string of the molecule is CC1=N[NH2+]c2nc(Cl)ncc2N1.[Cl-]. The first-order valence-corrected chi connectivity index (χ1v) is 3.81. The smallest absolute Gasteiger partial charge is 0.279 e. The summed E-state index contributed by atoms with van der Waals surface area (Å²) in [6.07, 6.45) is 1.64. The Morgan fingerprint density at radius 1 is 1.54 bits per heavy atom. The molecule has 0 unspecified atom stereocenters. The third-order valence-electron chi connectivity index (χ3n) is 1.48. The Kier molecular flexibility index (Phi) is 3.02. The zero-order chi connectivity index (χ0) is 8.55. The van der Waals surface area contributed by atoms with Crippen molar-refractivity contribution >= 4 is 28.9 Å². The second-order valence-electron chi connectivity index (χ2n) is 2.41. The molecule has 0 saturated carbocycles. The Hall–Kier alpha value is -0.910. The summed E-state index contributed by atoms with van der Waals surface area (Å²) in [5.41, 5.74) is 2.50. The van der Waals surface area contributed by atoms with Crippen LogP contribution in [0.5, 0.6) is 0 Å². The summed E-state index contributed by atoms with van der Waals surface area (Å²) in [7, 11) is 0. The molecule has 1 aliphatic rings. The fourth-order valence-electron chi connectivity index (χ4n) is 0.952. The minimum absolute atomic E-state index is 0. The van der Waals surface area contributed by atoms with Gasteiger partial charge in [-0.2, -0.15) is 10.4 Å². The summed E-state index contributed by atoms with van der Waals surface area (Å²) in [6, 6.07) is 0. The van der Waals surface area contributed by atoms with Gasteiger partial charge in [0.05, 0.1) is 6.20 Å². The summed E-state index contributed by atoms with van der Waals surface area (Å²) < 4.78 is 0. The molecule has 0 aliphatic carbocycles. The molecular weight excluding hydrogens is 213 g/mol. The van der Waals surface area contributed by atoms with Crippen LogP contribution in [0.3, 0.4) is 0 Å². The van der Waals surface area contributed by atoms with Crippen molar-refractivity contribution < 1.29 is 17.8 Å². The third-order valence-corrected chi connectivity index (χ3v) is 1.67. The molecule has 2 rings (SSSR count). The molecule has 0 fully saturated rings. The van der Waals surface area contributed by atoms with Gasteiger partial charge in [0.2, 0.25) is 5.28 Å². The predicted molar refractivity (Wildman–Crippen MR) is 45.4 cm³/mol. The quantitative estimate of drug-likeness (QED) is 0.364. The Balaban J connectivity index is 0.000000845. The molecule has 1 aromatic rings. The van der Waals surface area contributed by atoms with Crippen LogP contribution < -0.4 is 23.1 Å². The summed E-state index contributed by atoms with van der Waals surface area (Å²) in [6.45, 7) is 1.87. The van der Waals surface area contributed by atoms with Crippen molar-refractivity contribution in [1.82, 2.24) is 9.97 Å². The molecule has 1 aliphatic heterocycles. The van der Waals surface area contributed by atoms with E-state index in [1.54, 1.807) is 11.6 Å². The number of fused-ring (bicyclic) bond motifs is 1. The van der Waals surface area contributed by atoms with Crippen LogP contribution in [0, 0.1) is 0 Å². The van der Waals surface area contributed by atoms with Crippen molar-refractivity contribution in [2.75, 3.05) is 5.32 Å². The average Bonchev–Trinajstić information content (AvgIpc) is 2.05. The topological polar surface area (TPSA) is 66.8 Å². The van der Waals surface area contributed by atoms with Gasteiger partial charge in [0.15, 0.2) is 5.84 Å². The number of hydrogen-bond donors (Lipinski definition) is 2. The maximum absolute atomic E-state index is 5.59. The molecule has 0 spiro atoms. The van der Waals surface area contributed by atoms with E-state index >= 15 is 0 Å². The van der Waals surface area contributed by atoms with E-state index in [9.17, 15) is 0 Å². The lowest BCUT2D eigenvalue weighted by atomic mass is 10.4. The monoisotopic (exact) mass is 219 g/mol. The third kappa shape index (κ3) is 2.06. The molecule has 0 atom stereocenters. The Morgan fingerprint density at radius 2 is 2.31 bits per heavy atom. The number of nitrogens with zero attached hydrogens (tertiary/aromatic N) is 3. The molecule has 5 nitrogen and oxygen atoms in total. The van der Waals surface area contributed by atoms with Crippen molar-refractivity contribution in [2.24, 2.45) is 5.10 Å². The van der Waals surface area contributed by atoms with E-state index in [1.807, 2.05) is 6.92 Å². The Labute approximate surface area is 86.0 Å². The van der Waals surface area contributed by atoms with Crippen LogP contribution in [-0.4, -0.2) is 15.8 Å². The molecule has 13 heavy (non-hydrogen) atoms. The van der Waals surface area contributed by atoms with Gasteiger partial charge in [0, 0.05) is 0 Å². The molecule has 0 bridgehead atoms. The highest BCUT2D eigenvalue weighted by atomic mass is 35.5. The maximum Gasteiger partial charge on any atom is 0.279 e. The van der Waals surface area contributed by atoms with Crippen LogP contribution in [-0.2, 0) is 0 Å². The van der Waals surface area contributed by atoms with Gasteiger partial charge in [-0.25, -0.2) is 4.98 Å². The second-order valence-corrected chi connectivity index (χ2v) is 2.74. The van der Waals surface area contributed by atoms with E-state index in [-0.39, 0.29) is 17.7 Å². The van der Waals surface area contributed by atoms with Crippen molar-refractivity contribution in [3.05, 3.63) is 11.5 Å². The van der Waals surface area contributed by atoms with Crippen molar-refractivity contribution in [3.8, 4) is 0 Å². The maximum atomic E-state index is 5.59. The molecule has 3 N–H and O–H groups in total. The number of rotatable bonds is 0. The van der Waals surface area contributed by atoms with Crippen LogP contribution >= 0.6 is 11.6 Å². The molecule has 0 aromatic carbocycles. The molecule has 2 heterocycles. The van der Waals surface area contributed by atoms with Crippen LogP contribution in [0.15, 0.2) is 11.3 Å².